The molecule has 0 unspecified atom stereocenters. The fourth-order valence-electron chi connectivity index (χ4n) is 1.73. The van der Waals surface area contributed by atoms with Crippen LogP contribution in [-0.4, -0.2) is 24.1 Å². The summed E-state index contributed by atoms with van der Waals surface area (Å²) < 4.78 is 60.9. The van der Waals surface area contributed by atoms with Crippen LogP contribution in [0.2, 0.25) is 0 Å². The quantitative estimate of drug-likeness (QED) is 0.885. The Labute approximate surface area is 140 Å². The Kier molecular flexibility index (Phi) is 4.73. The molecule has 0 spiro atoms. The van der Waals surface area contributed by atoms with E-state index in [1.807, 2.05) is 0 Å². The van der Waals surface area contributed by atoms with Crippen LogP contribution in [-0.2, 0) is 20.8 Å². The first-order valence-corrected chi connectivity index (χ1v) is 8.96. The molecule has 1 aromatic heterocycles. The number of alkyl halides is 3. The molecule has 1 amide bonds. The van der Waals surface area contributed by atoms with Crippen molar-refractivity contribution in [2.45, 2.75) is 29.7 Å². The maximum Gasteiger partial charge on any atom is 0.434 e. The Morgan fingerprint density at radius 2 is 1.75 bits per heavy atom. The van der Waals surface area contributed by atoms with Gasteiger partial charge in [0.2, 0.25) is 5.91 Å². The van der Waals surface area contributed by atoms with Crippen molar-refractivity contribution in [3.05, 3.63) is 41.4 Å². The third kappa shape index (κ3) is 3.44. The Morgan fingerprint density at radius 1 is 1.17 bits per heavy atom. The highest BCUT2D eigenvalue weighted by Crippen LogP contribution is 2.32. The van der Waals surface area contributed by atoms with E-state index in [0.29, 0.717) is 11.3 Å². The molecule has 0 saturated heterocycles. The summed E-state index contributed by atoms with van der Waals surface area (Å²) in [4.78, 5) is 15.5. The average molecular weight is 378 g/mol. The zero-order valence-corrected chi connectivity index (χ0v) is 14.2. The highest BCUT2D eigenvalue weighted by Gasteiger charge is 2.43. The summed E-state index contributed by atoms with van der Waals surface area (Å²) in [7, 11) is -4.04. The van der Waals surface area contributed by atoms with Gasteiger partial charge in [-0.05, 0) is 26.0 Å². The summed E-state index contributed by atoms with van der Waals surface area (Å²) in [5.74, 6) is -0.963. The van der Waals surface area contributed by atoms with Crippen LogP contribution in [0.1, 0.15) is 19.5 Å². The number of carbonyl (C=O) groups is 1. The van der Waals surface area contributed by atoms with Gasteiger partial charge in [-0.25, -0.2) is 13.4 Å². The maximum absolute atomic E-state index is 12.6. The molecular weight excluding hydrogens is 365 g/mol. The SMILES string of the molecule is CC(C)(C(=O)Nc1nc(C(F)(F)F)cs1)S(=O)(=O)c1ccccc1. The van der Waals surface area contributed by atoms with Crippen LogP contribution in [0.25, 0.3) is 0 Å². The van der Waals surface area contributed by atoms with E-state index in [4.69, 9.17) is 0 Å². The summed E-state index contributed by atoms with van der Waals surface area (Å²) in [6.07, 6.45) is -4.63. The lowest BCUT2D eigenvalue weighted by Crippen LogP contribution is -2.44. The van der Waals surface area contributed by atoms with Gasteiger partial charge in [0.25, 0.3) is 0 Å². The van der Waals surface area contributed by atoms with E-state index < -0.39 is 32.4 Å². The van der Waals surface area contributed by atoms with Crippen LogP contribution in [0.4, 0.5) is 18.3 Å². The van der Waals surface area contributed by atoms with Crippen molar-refractivity contribution in [1.29, 1.82) is 0 Å². The number of anilines is 1. The number of hydrogen-bond acceptors (Lipinski definition) is 5. The molecule has 0 atom stereocenters. The second-order valence-electron chi connectivity index (χ2n) is 5.32. The van der Waals surface area contributed by atoms with Crippen LogP contribution >= 0.6 is 11.3 Å². The van der Waals surface area contributed by atoms with E-state index in [9.17, 15) is 26.4 Å². The lowest BCUT2D eigenvalue weighted by molar-refractivity contribution is -0.140. The van der Waals surface area contributed by atoms with E-state index in [0.717, 1.165) is 5.38 Å². The topological polar surface area (TPSA) is 76.1 Å². The molecule has 2 rings (SSSR count). The fourth-order valence-corrected chi connectivity index (χ4v) is 3.84. The van der Waals surface area contributed by atoms with E-state index in [-0.39, 0.29) is 10.0 Å². The van der Waals surface area contributed by atoms with E-state index in [1.165, 1.54) is 38.1 Å². The minimum Gasteiger partial charge on any atom is -0.301 e. The van der Waals surface area contributed by atoms with Crippen molar-refractivity contribution in [3.8, 4) is 0 Å². The molecule has 1 N–H and O–H groups in total. The van der Waals surface area contributed by atoms with Gasteiger partial charge in [-0.15, -0.1) is 11.3 Å². The van der Waals surface area contributed by atoms with Crippen LogP contribution in [0.15, 0.2) is 40.6 Å². The van der Waals surface area contributed by atoms with E-state index >= 15 is 0 Å². The van der Waals surface area contributed by atoms with Gasteiger partial charge in [-0.2, -0.15) is 13.2 Å². The molecule has 0 aliphatic rings. The number of nitrogens with zero attached hydrogens (tertiary/aromatic N) is 1. The largest absolute Gasteiger partial charge is 0.434 e. The van der Waals surface area contributed by atoms with Crippen molar-refractivity contribution < 1.29 is 26.4 Å². The van der Waals surface area contributed by atoms with Crippen molar-refractivity contribution in [3.63, 3.8) is 0 Å². The molecule has 0 fully saturated rings. The van der Waals surface area contributed by atoms with Crippen molar-refractivity contribution in [1.82, 2.24) is 4.98 Å². The highest BCUT2D eigenvalue weighted by molar-refractivity contribution is 7.93. The van der Waals surface area contributed by atoms with Gasteiger partial charge in [-0.1, -0.05) is 18.2 Å². The second-order valence-corrected chi connectivity index (χ2v) is 8.67. The number of halogens is 3. The molecule has 0 aliphatic heterocycles. The molecule has 1 aromatic carbocycles. The number of carbonyl (C=O) groups excluding carboxylic acids is 1. The summed E-state index contributed by atoms with van der Waals surface area (Å²) in [5, 5.41) is 2.57. The second kappa shape index (κ2) is 6.17. The number of sulfone groups is 1. The Morgan fingerprint density at radius 3 is 2.25 bits per heavy atom. The van der Waals surface area contributed by atoms with Gasteiger partial charge in [0, 0.05) is 5.38 Å². The van der Waals surface area contributed by atoms with Gasteiger partial charge in [0.05, 0.1) is 4.90 Å². The van der Waals surface area contributed by atoms with Crippen molar-refractivity contribution in [2.75, 3.05) is 5.32 Å². The van der Waals surface area contributed by atoms with Gasteiger partial charge in [-0.3, -0.25) is 4.79 Å². The van der Waals surface area contributed by atoms with Gasteiger partial charge < -0.3 is 5.32 Å². The van der Waals surface area contributed by atoms with Gasteiger partial charge in [0.1, 0.15) is 4.75 Å². The lowest BCUT2D eigenvalue weighted by atomic mass is 10.2. The molecule has 130 valence electrons. The van der Waals surface area contributed by atoms with Gasteiger partial charge >= 0.3 is 6.18 Å². The summed E-state index contributed by atoms with van der Waals surface area (Å²) in [6.45, 7) is 2.37. The third-order valence-electron chi connectivity index (χ3n) is 3.29. The van der Waals surface area contributed by atoms with Gasteiger partial charge in [0.15, 0.2) is 20.7 Å². The predicted octanol–water partition coefficient (Wildman–Crippen LogP) is 3.35. The van der Waals surface area contributed by atoms with Crippen LogP contribution in [0, 0.1) is 0 Å². The summed E-state index contributed by atoms with van der Waals surface area (Å²) in [5.41, 5.74) is -1.15. The zero-order chi connectivity index (χ0) is 18.2. The van der Waals surface area contributed by atoms with Crippen molar-refractivity contribution >= 4 is 32.2 Å². The number of benzene rings is 1. The van der Waals surface area contributed by atoms with E-state index in [2.05, 4.69) is 10.3 Å². The number of rotatable bonds is 4. The molecule has 5 nitrogen and oxygen atoms in total. The highest BCUT2D eigenvalue weighted by atomic mass is 32.2. The molecule has 0 bridgehead atoms. The molecule has 0 saturated carbocycles. The number of hydrogen-bond donors (Lipinski definition) is 1. The minimum absolute atomic E-state index is 0.0553. The first kappa shape index (κ1) is 18.4. The summed E-state index contributed by atoms with van der Waals surface area (Å²) in [6, 6.07) is 7.33. The number of thiazole rings is 1. The number of nitrogens with one attached hydrogen (secondary N) is 1. The maximum atomic E-state index is 12.6. The lowest BCUT2D eigenvalue weighted by Gasteiger charge is -2.23. The minimum atomic E-state index is -4.63. The molecular formula is C14H13F3N2O3S2. The summed E-state index contributed by atoms with van der Waals surface area (Å²) >= 11 is 0.569. The predicted molar refractivity (Wildman–Crippen MR) is 83.5 cm³/mol. The zero-order valence-electron chi connectivity index (χ0n) is 12.6. The molecule has 24 heavy (non-hydrogen) atoms. The molecule has 10 heteroatoms. The van der Waals surface area contributed by atoms with E-state index in [1.54, 1.807) is 6.07 Å². The Balaban J connectivity index is 2.26. The monoisotopic (exact) mass is 378 g/mol. The normalized spacial score (nSPS) is 12.9. The van der Waals surface area contributed by atoms with Crippen LogP contribution in [0.3, 0.4) is 0 Å². The Bertz CT molecular complexity index is 844. The van der Waals surface area contributed by atoms with Crippen LogP contribution < -0.4 is 5.32 Å². The fraction of sp³-hybridized carbons (Fsp3) is 0.286. The first-order chi connectivity index (χ1) is 11.0. The molecule has 2 aromatic rings. The average Bonchev–Trinajstić information content (AvgIpc) is 2.96. The smallest absolute Gasteiger partial charge is 0.301 e. The first-order valence-electron chi connectivity index (χ1n) is 6.60. The molecule has 1 heterocycles. The van der Waals surface area contributed by atoms with Crippen molar-refractivity contribution in [2.24, 2.45) is 0 Å². The third-order valence-corrected chi connectivity index (χ3v) is 6.47. The standard InChI is InChI=1S/C14H13F3N2O3S2/c1-13(2,24(21,22)9-6-4-3-5-7-9)11(20)19-12-18-10(8-23-12)14(15,16)17/h3-8H,1-2H3,(H,18,19,20). The Hall–Kier alpha value is -1.94. The molecule has 0 aliphatic carbocycles. The number of aromatic nitrogens is 1. The van der Waals surface area contributed by atoms with Crippen LogP contribution in [0.5, 0.6) is 0 Å². The number of amides is 1. The molecule has 0 radical (unpaired) electrons.